The third-order valence-electron chi connectivity index (χ3n) is 6.04. The number of hydrogen-bond acceptors (Lipinski definition) is 6. The first kappa shape index (κ1) is 20.2. The van der Waals surface area contributed by atoms with Crippen LogP contribution in [0.5, 0.6) is 0 Å². The highest BCUT2D eigenvalue weighted by atomic mass is 35.5. The topological polar surface area (TPSA) is 89.5 Å². The number of pyridine rings is 1. The molecular formula is C22H23ClN4O4. The molecule has 162 valence electrons. The summed E-state index contributed by atoms with van der Waals surface area (Å²) >= 11 is 5.98. The Morgan fingerprint density at radius 2 is 2.23 bits per heavy atom. The number of aromatic nitrogens is 3. The number of hydrogen-bond donors (Lipinski definition) is 1. The SMILES string of the molecule is COC(=O)c1ccc2nc(CN3CCc4cc(Cl)c(=O)[nH]c4C3)n(C[C@@H]3CCO3)c2c1. The number of esters is 1. The van der Waals surface area contributed by atoms with Gasteiger partial charge in [0.1, 0.15) is 10.8 Å². The smallest absolute Gasteiger partial charge is 0.337 e. The standard InChI is InChI=1S/C22H23ClN4O4/c1-30-22(29)14-2-3-17-19(9-14)27(10-15-5-7-31-15)20(24-17)12-26-6-4-13-8-16(23)21(28)25-18(13)11-26/h2-3,8-9,15H,4-7,10-12H2,1H3,(H,25,28)/t15-/m0/s1. The molecular weight excluding hydrogens is 420 g/mol. The second-order valence-electron chi connectivity index (χ2n) is 8.03. The van der Waals surface area contributed by atoms with Crippen LogP contribution in [0.3, 0.4) is 0 Å². The molecule has 1 saturated heterocycles. The van der Waals surface area contributed by atoms with Crippen LogP contribution in [-0.4, -0.2) is 51.8 Å². The molecule has 0 radical (unpaired) electrons. The maximum Gasteiger partial charge on any atom is 0.337 e. The molecule has 0 saturated carbocycles. The molecule has 3 aromatic rings. The van der Waals surface area contributed by atoms with Crippen LogP contribution in [-0.2, 0) is 35.5 Å². The van der Waals surface area contributed by atoms with Crippen LogP contribution in [0.25, 0.3) is 11.0 Å². The Hall–Kier alpha value is -2.68. The van der Waals surface area contributed by atoms with Crippen LogP contribution < -0.4 is 5.56 Å². The van der Waals surface area contributed by atoms with E-state index in [9.17, 15) is 9.59 Å². The van der Waals surface area contributed by atoms with Crippen molar-refractivity contribution in [3.05, 3.63) is 62.3 Å². The molecule has 0 aliphatic carbocycles. The van der Waals surface area contributed by atoms with Gasteiger partial charge < -0.3 is 19.0 Å². The molecule has 1 N–H and O–H groups in total. The van der Waals surface area contributed by atoms with E-state index in [1.54, 1.807) is 12.1 Å². The lowest BCUT2D eigenvalue weighted by molar-refractivity contribution is -0.0592. The predicted molar refractivity (Wildman–Crippen MR) is 115 cm³/mol. The summed E-state index contributed by atoms with van der Waals surface area (Å²) in [7, 11) is 1.38. The first-order valence-corrected chi connectivity index (χ1v) is 10.7. The molecule has 2 aromatic heterocycles. The quantitative estimate of drug-likeness (QED) is 0.611. The summed E-state index contributed by atoms with van der Waals surface area (Å²) in [5.74, 6) is 0.540. The van der Waals surface area contributed by atoms with Crippen molar-refractivity contribution in [2.75, 3.05) is 20.3 Å². The molecule has 0 bridgehead atoms. The molecule has 0 amide bonds. The van der Waals surface area contributed by atoms with Crippen molar-refractivity contribution < 1.29 is 14.3 Å². The lowest BCUT2D eigenvalue weighted by Gasteiger charge is -2.30. The van der Waals surface area contributed by atoms with Crippen molar-refractivity contribution in [1.29, 1.82) is 0 Å². The Balaban J connectivity index is 1.47. The van der Waals surface area contributed by atoms with Gasteiger partial charge in [-0.05, 0) is 42.7 Å². The average Bonchev–Trinajstić information content (AvgIpc) is 3.07. The Kier molecular flexibility index (Phi) is 5.29. The van der Waals surface area contributed by atoms with Crippen LogP contribution in [0.4, 0.5) is 0 Å². The molecule has 1 atom stereocenters. The first-order valence-electron chi connectivity index (χ1n) is 10.3. The molecule has 4 heterocycles. The summed E-state index contributed by atoms with van der Waals surface area (Å²) in [6.07, 6.45) is 1.97. The monoisotopic (exact) mass is 442 g/mol. The van der Waals surface area contributed by atoms with Gasteiger partial charge in [-0.3, -0.25) is 9.69 Å². The summed E-state index contributed by atoms with van der Waals surface area (Å²) in [5.41, 5.74) is 3.95. The van der Waals surface area contributed by atoms with E-state index in [4.69, 9.17) is 26.1 Å². The fraction of sp³-hybridized carbons (Fsp3) is 0.409. The minimum atomic E-state index is -0.369. The number of H-pyrrole nitrogens is 1. The number of nitrogens with zero attached hydrogens (tertiary/aromatic N) is 3. The number of carbonyl (C=O) groups excluding carboxylic acids is 1. The van der Waals surface area contributed by atoms with Gasteiger partial charge in [-0.2, -0.15) is 0 Å². The van der Waals surface area contributed by atoms with Gasteiger partial charge in [0.05, 0.1) is 42.9 Å². The number of imidazole rings is 1. The number of fused-ring (bicyclic) bond motifs is 2. The van der Waals surface area contributed by atoms with E-state index in [0.717, 1.165) is 54.1 Å². The van der Waals surface area contributed by atoms with Crippen molar-refractivity contribution in [2.24, 2.45) is 0 Å². The van der Waals surface area contributed by atoms with Crippen LogP contribution in [0.1, 0.15) is 33.9 Å². The second-order valence-corrected chi connectivity index (χ2v) is 8.43. The molecule has 2 aliphatic rings. The van der Waals surface area contributed by atoms with E-state index < -0.39 is 0 Å². The molecule has 2 aliphatic heterocycles. The predicted octanol–water partition coefficient (Wildman–Crippen LogP) is 2.51. The van der Waals surface area contributed by atoms with Gasteiger partial charge in [-0.25, -0.2) is 9.78 Å². The summed E-state index contributed by atoms with van der Waals surface area (Å²) < 4.78 is 12.7. The maximum atomic E-state index is 12.0. The Labute approximate surface area is 183 Å². The van der Waals surface area contributed by atoms with Crippen molar-refractivity contribution in [1.82, 2.24) is 19.4 Å². The van der Waals surface area contributed by atoms with E-state index in [0.29, 0.717) is 25.2 Å². The average molecular weight is 443 g/mol. The fourth-order valence-corrected chi connectivity index (χ4v) is 4.42. The molecule has 9 heteroatoms. The lowest BCUT2D eigenvalue weighted by Crippen LogP contribution is -2.35. The Morgan fingerprint density at radius 1 is 1.39 bits per heavy atom. The molecule has 8 nitrogen and oxygen atoms in total. The highest BCUT2D eigenvalue weighted by Gasteiger charge is 2.25. The van der Waals surface area contributed by atoms with Crippen molar-refractivity contribution in [2.45, 2.75) is 38.6 Å². The second kappa shape index (κ2) is 8.11. The summed E-state index contributed by atoms with van der Waals surface area (Å²) in [4.78, 5) is 34.0. The van der Waals surface area contributed by atoms with Crippen LogP contribution in [0, 0.1) is 0 Å². The number of rotatable bonds is 5. The van der Waals surface area contributed by atoms with Gasteiger partial charge in [0, 0.05) is 25.4 Å². The maximum absolute atomic E-state index is 12.0. The minimum absolute atomic E-state index is 0.151. The van der Waals surface area contributed by atoms with Gasteiger partial charge >= 0.3 is 5.97 Å². The highest BCUT2D eigenvalue weighted by Crippen LogP contribution is 2.25. The first-order chi connectivity index (χ1) is 15.0. The summed E-state index contributed by atoms with van der Waals surface area (Å²) in [6.45, 7) is 3.55. The number of aromatic amines is 1. The van der Waals surface area contributed by atoms with Crippen LogP contribution >= 0.6 is 11.6 Å². The van der Waals surface area contributed by atoms with Gasteiger partial charge in [0.25, 0.3) is 5.56 Å². The molecule has 0 spiro atoms. The van der Waals surface area contributed by atoms with E-state index in [-0.39, 0.29) is 22.7 Å². The van der Waals surface area contributed by atoms with E-state index in [1.807, 2.05) is 12.1 Å². The van der Waals surface area contributed by atoms with Gasteiger partial charge in [0.2, 0.25) is 0 Å². The summed E-state index contributed by atoms with van der Waals surface area (Å²) in [5, 5.41) is 0.232. The normalized spacial score (nSPS) is 18.6. The van der Waals surface area contributed by atoms with Crippen molar-refractivity contribution in [3.8, 4) is 0 Å². The number of nitrogens with one attached hydrogen (secondary N) is 1. The molecule has 0 unspecified atom stereocenters. The highest BCUT2D eigenvalue weighted by molar-refractivity contribution is 6.30. The number of benzene rings is 1. The Morgan fingerprint density at radius 3 is 2.97 bits per heavy atom. The molecule has 5 rings (SSSR count). The number of halogens is 1. The number of carbonyl (C=O) groups is 1. The Bertz CT molecular complexity index is 1210. The van der Waals surface area contributed by atoms with Crippen molar-refractivity contribution >= 4 is 28.6 Å². The molecule has 1 fully saturated rings. The van der Waals surface area contributed by atoms with Crippen LogP contribution in [0.15, 0.2) is 29.1 Å². The zero-order valence-electron chi connectivity index (χ0n) is 17.2. The van der Waals surface area contributed by atoms with Crippen molar-refractivity contribution in [3.63, 3.8) is 0 Å². The fourth-order valence-electron chi connectivity index (χ4n) is 4.24. The third kappa shape index (κ3) is 3.86. The van der Waals surface area contributed by atoms with E-state index in [2.05, 4.69) is 14.5 Å². The number of ether oxygens (including phenoxy) is 2. The lowest BCUT2D eigenvalue weighted by atomic mass is 10.1. The number of methoxy groups -OCH3 is 1. The molecule has 1 aromatic carbocycles. The van der Waals surface area contributed by atoms with E-state index in [1.165, 1.54) is 7.11 Å². The van der Waals surface area contributed by atoms with Crippen LogP contribution in [0.2, 0.25) is 5.02 Å². The zero-order chi connectivity index (χ0) is 21.5. The van der Waals surface area contributed by atoms with E-state index >= 15 is 0 Å². The minimum Gasteiger partial charge on any atom is -0.465 e. The summed E-state index contributed by atoms with van der Waals surface area (Å²) in [6, 6.07) is 7.20. The van der Waals surface area contributed by atoms with Gasteiger partial charge in [-0.15, -0.1) is 0 Å². The van der Waals surface area contributed by atoms with Gasteiger partial charge in [-0.1, -0.05) is 11.6 Å². The van der Waals surface area contributed by atoms with Gasteiger partial charge in [0.15, 0.2) is 0 Å². The largest absolute Gasteiger partial charge is 0.465 e. The zero-order valence-corrected chi connectivity index (χ0v) is 17.9. The third-order valence-corrected chi connectivity index (χ3v) is 6.32. The molecule has 31 heavy (non-hydrogen) atoms.